The summed E-state index contributed by atoms with van der Waals surface area (Å²) < 4.78 is 8.19. The molecular weight excluding hydrogens is 326 g/mol. The molecule has 3 heterocycles. The monoisotopic (exact) mass is 347 g/mol. The van der Waals surface area contributed by atoms with Crippen molar-refractivity contribution in [2.75, 3.05) is 13.1 Å². The van der Waals surface area contributed by atoms with Crippen LogP contribution in [-0.2, 0) is 24.0 Å². The highest BCUT2D eigenvalue weighted by Crippen LogP contribution is 2.43. The molecule has 2 aromatic carbocycles. The molecule has 0 saturated carbocycles. The number of nitrogens with zero attached hydrogens (tertiary/aromatic N) is 3. The van der Waals surface area contributed by atoms with Crippen molar-refractivity contribution < 1.29 is 9.53 Å². The number of imidazole rings is 1. The fourth-order valence-corrected chi connectivity index (χ4v) is 4.30. The molecule has 3 aromatic rings. The normalized spacial score (nSPS) is 21.7. The molecule has 2 aliphatic rings. The molecule has 0 radical (unpaired) electrons. The van der Waals surface area contributed by atoms with E-state index in [0.29, 0.717) is 18.7 Å². The zero-order chi connectivity index (χ0) is 17.9. The molecule has 1 aromatic heterocycles. The minimum absolute atomic E-state index is 0.0654. The Morgan fingerprint density at radius 2 is 2.08 bits per heavy atom. The maximum Gasteiger partial charge on any atom is 0.254 e. The Balaban J connectivity index is 1.45. The molecule has 1 unspecified atom stereocenters. The molecule has 26 heavy (non-hydrogen) atoms. The average molecular weight is 347 g/mol. The first-order valence-electron chi connectivity index (χ1n) is 9.02. The number of hydrogen-bond acceptors (Lipinski definition) is 3. The quantitative estimate of drug-likeness (QED) is 0.679. The minimum atomic E-state index is -0.334. The molecule has 5 rings (SSSR count). The van der Waals surface area contributed by atoms with Gasteiger partial charge in [-0.2, -0.15) is 0 Å². The second kappa shape index (κ2) is 5.42. The summed E-state index contributed by atoms with van der Waals surface area (Å²) in [4.78, 5) is 19.5. The molecule has 1 fully saturated rings. The number of rotatable bonds is 1. The van der Waals surface area contributed by atoms with E-state index < -0.39 is 0 Å². The highest BCUT2D eigenvalue weighted by atomic mass is 16.5. The predicted octanol–water partition coefficient (Wildman–Crippen LogP) is 3.15. The second-order valence-corrected chi connectivity index (χ2v) is 7.34. The smallest absolute Gasteiger partial charge is 0.254 e. The number of carbonyl (C=O) groups excluding carboxylic acids is 1. The van der Waals surface area contributed by atoms with Gasteiger partial charge in [0.05, 0.1) is 24.2 Å². The van der Waals surface area contributed by atoms with E-state index >= 15 is 0 Å². The third kappa shape index (κ3) is 2.13. The molecule has 132 valence electrons. The van der Waals surface area contributed by atoms with Gasteiger partial charge in [-0.3, -0.25) is 4.79 Å². The van der Waals surface area contributed by atoms with Crippen LogP contribution >= 0.6 is 0 Å². The Labute approximate surface area is 152 Å². The summed E-state index contributed by atoms with van der Waals surface area (Å²) in [5.41, 5.74) is 4.78. The third-order valence-electron chi connectivity index (χ3n) is 5.88. The Bertz CT molecular complexity index is 1040. The van der Waals surface area contributed by atoms with Gasteiger partial charge in [0.25, 0.3) is 5.91 Å². The predicted molar refractivity (Wildman–Crippen MR) is 98.9 cm³/mol. The van der Waals surface area contributed by atoms with Crippen molar-refractivity contribution in [3.63, 3.8) is 0 Å². The third-order valence-corrected chi connectivity index (χ3v) is 5.88. The number of benzene rings is 2. The molecule has 0 N–H and O–H groups in total. The van der Waals surface area contributed by atoms with E-state index in [1.807, 2.05) is 47.7 Å². The summed E-state index contributed by atoms with van der Waals surface area (Å²) >= 11 is 0. The molecular formula is C21H21N3O2. The molecule has 1 saturated heterocycles. The molecule has 5 nitrogen and oxygen atoms in total. The number of aromatic nitrogens is 2. The second-order valence-electron chi connectivity index (χ2n) is 7.34. The largest absolute Gasteiger partial charge is 0.364 e. The molecule has 5 heteroatoms. The van der Waals surface area contributed by atoms with Crippen LogP contribution in [0.2, 0.25) is 0 Å². The summed E-state index contributed by atoms with van der Waals surface area (Å²) in [5.74, 6) is 1.01. The summed E-state index contributed by atoms with van der Waals surface area (Å²) in [6.07, 6.45) is 0.850. The fourth-order valence-electron chi connectivity index (χ4n) is 4.30. The maximum absolute atomic E-state index is 13.1. The topological polar surface area (TPSA) is 47.4 Å². The molecule has 1 spiro atoms. The van der Waals surface area contributed by atoms with Crippen LogP contribution in [0.3, 0.4) is 0 Å². The van der Waals surface area contributed by atoms with Crippen molar-refractivity contribution >= 4 is 16.9 Å². The zero-order valence-corrected chi connectivity index (χ0v) is 15.0. The summed E-state index contributed by atoms with van der Waals surface area (Å²) in [6, 6.07) is 14.1. The standard InChI is InChI=1S/C21H21N3O2/c1-14-22-18-8-7-15(11-19(18)23(14)2)20(25)24-10-9-21(13-24)17-6-4-3-5-16(17)12-26-21/h3-8,11H,9-10,12-13H2,1-2H3. The first kappa shape index (κ1) is 15.6. The Hall–Kier alpha value is -2.66. The van der Waals surface area contributed by atoms with E-state index in [9.17, 15) is 4.79 Å². The minimum Gasteiger partial charge on any atom is -0.364 e. The number of ether oxygens (including phenoxy) is 1. The van der Waals surface area contributed by atoms with E-state index in [1.54, 1.807) is 0 Å². The van der Waals surface area contributed by atoms with Crippen molar-refractivity contribution in [3.05, 3.63) is 65.0 Å². The van der Waals surface area contributed by atoms with E-state index in [-0.39, 0.29) is 11.5 Å². The molecule has 1 amide bonds. The van der Waals surface area contributed by atoms with Gasteiger partial charge < -0.3 is 14.2 Å². The van der Waals surface area contributed by atoms with Crippen LogP contribution in [0, 0.1) is 6.92 Å². The Kier molecular flexibility index (Phi) is 3.25. The van der Waals surface area contributed by atoms with E-state index in [1.165, 1.54) is 11.1 Å². The average Bonchev–Trinajstić information content (AvgIpc) is 3.34. The fraction of sp³-hybridized carbons (Fsp3) is 0.333. The lowest BCUT2D eigenvalue weighted by Gasteiger charge is -2.24. The number of aryl methyl sites for hydroxylation is 2. The van der Waals surface area contributed by atoms with Gasteiger partial charge in [0.1, 0.15) is 11.4 Å². The van der Waals surface area contributed by atoms with Gasteiger partial charge in [-0.15, -0.1) is 0 Å². The molecule has 0 aliphatic carbocycles. The van der Waals surface area contributed by atoms with Crippen LogP contribution in [0.4, 0.5) is 0 Å². The van der Waals surface area contributed by atoms with Gasteiger partial charge in [0.2, 0.25) is 0 Å². The number of hydrogen-bond donors (Lipinski definition) is 0. The lowest BCUT2D eigenvalue weighted by Crippen LogP contribution is -2.34. The SMILES string of the molecule is Cc1nc2ccc(C(=O)N3CCC4(C3)OCc3ccccc34)cc2n1C. The number of fused-ring (bicyclic) bond motifs is 3. The highest BCUT2D eigenvalue weighted by Gasteiger charge is 2.46. The van der Waals surface area contributed by atoms with Gasteiger partial charge in [-0.05, 0) is 42.7 Å². The van der Waals surface area contributed by atoms with Crippen molar-refractivity contribution in [1.82, 2.24) is 14.5 Å². The summed E-state index contributed by atoms with van der Waals surface area (Å²) in [5, 5.41) is 0. The van der Waals surface area contributed by atoms with Gasteiger partial charge in [-0.25, -0.2) is 4.98 Å². The molecule has 0 bridgehead atoms. The Morgan fingerprint density at radius 3 is 2.96 bits per heavy atom. The van der Waals surface area contributed by atoms with Gasteiger partial charge in [0.15, 0.2) is 0 Å². The van der Waals surface area contributed by atoms with Crippen molar-refractivity contribution in [2.45, 2.75) is 25.6 Å². The first-order chi connectivity index (χ1) is 12.6. The van der Waals surface area contributed by atoms with Crippen LogP contribution in [-0.4, -0.2) is 33.4 Å². The van der Waals surface area contributed by atoms with Crippen LogP contribution in [0.25, 0.3) is 11.0 Å². The number of carbonyl (C=O) groups is 1. The number of amides is 1. The van der Waals surface area contributed by atoms with Gasteiger partial charge >= 0.3 is 0 Å². The van der Waals surface area contributed by atoms with Crippen LogP contribution in [0.5, 0.6) is 0 Å². The lowest BCUT2D eigenvalue weighted by atomic mass is 9.92. The molecule has 1 atom stereocenters. The summed E-state index contributed by atoms with van der Waals surface area (Å²) in [6.45, 7) is 3.94. The molecule has 2 aliphatic heterocycles. The lowest BCUT2D eigenvalue weighted by molar-refractivity contribution is -0.0282. The van der Waals surface area contributed by atoms with Gasteiger partial charge in [-0.1, -0.05) is 24.3 Å². The van der Waals surface area contributed by atoms with E-state index in [2.05, 4.69) is 23.2 Å². The van der Waals surface area contributed by atoms with E-state index in [4.69, 9.17) is 4.74 Å². The van der Waals surface area contributed by atoms with Gasteiger partial charge in [0, 0.05) is 19.2 Å². The highest BCUT2D eigenvalue weighted by molar-refractivity contribution is 5.97. The van der Waals surface area contributed by atoms with Crippen LogP contribution in [0.1, 0.15) is 33.7 Å². The maximum atomic E-state index is 13.1. The van der Waals surface area contributed by atoms with Crippen molar-refractivity contribution in [3.8, 4) is 0 Å². The van der Waals surface area contributed by atoms with E-state index in [0.717, 1.165) is 29.8 Å². The van der Waals surface area contributed by atoms with Crippen molar-refractivity contribution in [1.29, 1.82) is 0 Å². The van der Waals surface area contributed by atoms with Crippen molar-refractivity contribution in [2.24, 2.45) is 7.05 Å². The van der Waals surface area contributed by atoms with Crippen LogP contribution < -0.4 is 0 Å². The summed E-state index contributed by atoms with van der Waals surface area (Å²) in [7, 11) is 1.98. The number of likely N-dealkylation sites (tertiary alicyclic amines) is 1. The Morgan fingerprint density at radius 1 is 1.23 bits per heavy atom. The first-order valence-corrected chi connectivity index (χ1v) is 9.02. The van der Waals surface area contributed by atoms with Crippen LogP contribution in [0.15, 0.2) is 42.5 Å². The zero-order valence-electron chi connectivity index (χ0n) is 15.0.